The molecular formula is C24H18N2O4. The van der Waals surface area contributed by atoms with Crippen molar-refractivity contribution in [3.8, 4) is 11.1 Å². The van der Waals surface area contributed by atoms with Gasteiger partial charge in [0.2, 0.25) is 0 Å². The molecule has 1 aliphatic rings. The Morgan fingerprint density at radius 1 is 0.633 bits per heavy atom. The van der Waals surface area contributed by atoms with E-state index in [4.69, 9.17) is 0 Å². The molecule has 0 radical (unpaired) electrons. The van der Waals surface area contributed by atoms with E-state index < -0.39 is 30.2 Å². The zero-order chi connectivity index (χ0) is 21.1. The monoisotopic (exact) mass is 398 g/mol. The quantitative estimate of drug-likeness (QED) is 0.362. The maximum atomic E-state index is 12.6. The highest BCUT2D eigenvalue weighted by molar-refractivity contribution is 6.45. The Bertz CT molecular complexity index is 1110. The van der Waals surface area contributed by atoms with Crippen LogP contribution in [-0.2, 0) is 16.1 Å². The molecule has 0 saturated carbocycles. The summed E-state index contributed by atoms with van der Waals surface area (Å²) in [6, 6.07) is 24.7. The van der Waals surface area contributed by atoms with Crippen molar-refractivity contribution in [2.75, 3.05) is 6.54 Å². The van der Waals surface area contributed by atoms with Crippen LogP contribution in [0.1, 0.15) is 15.9 Å². The predicted molar refractivity (Wildman–Crippen MR) is 110 cm³/mol. The van der Waals surface area contributed by atoms with Crippen LogP contribution < -0.4 is 0 Å². The molecule has 6 nitrogen and oxygen atoms in total. The summed E-state index contributed by atoms with van der Waals surface area (Å²) in [5.74, 6) is -2.31. The van der Waals surface area contributed by atoms with Gasteiger partial charge in [0.1, 0.15) is 0 Å². The van der Waals surface area contributed by atoms with Gasteiger partial charge in [0.05, 0.1) is 13.1 Å². The molecule has 3 aromatic carbocycles. The molecule has 148 valence electrons. The Kier molecular flexibility index (Phi) is 5.22. The Labute approximate surface area is 173 Å². The number of rotatable bonds is 6. The van der Waals surface area contributed by atoms with E-state index in [0.717, 1.165) is 21.6 Å². The van der Waals surface area contributed by atoms with E-state index in [2.05, 4.69) is 0 Å². The molecule has 30 heavy (non-hydrogen) atoms. The topological polar surface area (TPSA) is 74.8 Å². The number of urea groups is 1. The minimum absolute atomic E-state index is 0.0132. The standard InChI is InChI=1S/C24H18N2O4/c27-21(20-13-11-19(12-14-20)18-9-5-2-6-10-18)16-26-23(29)22(28)25(24(26)30)15-17-7-3-1-4-8-17/h1-14H,15-16H2. The highest BCUT2D eigenvalue weighted by Crippen LogP contribution is 2.21. The van der Waals surface area contributed by atoms with E-state index in [1.165, 1.54) is 0 Å². The Morgan fingerprint density at radius 3 is 1.80 bits per heavy atom. The third kappa shape index (κ3) is 3.75. The summed E-state index contributed by atoms with van der Waals surface area (Å²) in [5, 5.41) is 0. The van der Waals surface area contributed by atoms with Crippen LogP contribution in [0.15, 0.2) is 84.9 Å². The number of amides is 4. The minimum atomic E-state index is -0.981. The smallest absolute Gasteiger partial charge is 0.292 e. The summed E-state index contributed by atoms with van der Waals surface area (Å²) in [5.41, 5.74) is 3.05. The first kappa shape index (κ1) is 19.3. The van der Waals surface area contributed by atoms with Gasteiger partial charge in [0.15, 0.2) is 5.78 Å². The van der Waals surface area contributed by atoms with Crippen molar-refractivity contribution in [1.82, 2.24) is 9.80 Å². The molecule has 0 bridgehead atoms. The normalized spacial score (nSPS) is 13.8. The zero-order valence-electron chi connectivity index (χ0n) is 16.0. The molecule has 0 aliphatic carbocycles. The summed E-state index contributed by atoms with van der Waals surface area (Å²) in [6.45, 7) is -0.486. The number of hydrogen-bond donors (Lipinski definition) is 0. The highest BCUT2D eigenvalue weighted by atomic mass is 16.2. The average Bonchev–Trinajstić information content (AvgIpc) is 2.99. The number of hydrogen-bond acceptors (Lipinski definition) is 4. The second-order valence-electron chi connectivity index (χ2n) is 6.92. The van der Waals surface area contributed by atoms with Crippen molar-refractivity contribution >= 4 is 23.6 Å². The van der Waals surface area contributed by atoms with Crippen LogP contribution in [0.5, 0.6) is 0 Å². The maximum Gasteiger partial charge on any atom is 0.334 e. The van der Waals surface area contributed by atoms with E-state index in [9.17, 15) is 19.2 Å². The molecule has 0 atom stereocenters. The third-order valence-electron chi connectivity index (χ3n) is 4.93. The number of ketones is 1. The van der Waals surface area contributed by atoms with Crippen LogP contribution in [-0.4, -0.2) is 40.0 Å². The zero-order valence-corrected chi connectivity index (χ0v) is 16.0. The Balaban J connectivity index is 1.47. The molecule has 3 aromatic rings. The molecule has 6 heteroatoms. The van der Waals surface area contributed by atoms with Gasteiger partial charge in [-0.15, -0.1) is 0 Å². The average molecular weight is 398 g/mol. The van der Waals surface area contributed by atoms with Crippen molar-refractivity contribution in [3.05, 3.63) is 96.1 Å². The number of benzene rings is 3. The number of carbonyl (C=O) groups excluding carboxylic acids is 4. The molecule has 4 rings (SSSR count). The van der Waals surface area contributed by atoms with Crippen molar-refractivity contribution in [2.24, 2.45) is 0 Å². The molecule has 1 aliphatic heterocycles. The fourth-order valence-electron chi connectivity index (χ4n) is 3.31. The van der Waals surface area contributed by atoms with Crippen molar-refractivity contribution in [3.63, 3.8) is 0 Å². The highest BCUT2D eigenvalue weighted by Gasteiger charge is 2.45. The number of nitrogens with zero attached hydrogens (tertiary/aromatic N) is 2. The first-order chi connectivity index (χ1) is 14.5. The van der Waals surface area contributed by atoms with Crippen molar-refractivity contribution < 1.29 is 19.2 Å². The molecule has 0 spiro atoms. The second-order valence-corrected chi connectivity index (χ2v) is 6.92. The summed E-state index contributed by atoms with van der Waals surface area (Å²) in [4.78, 5) is 51.3. The van der Waals surface area contributed by atoms with Crippen LogP contribution in [0.4, 0.5) is 4.79 Å². The van der Waals surface area contributed by atoms with E-state index in [0.29, 0.717) is 10.5 Å². The number of carbonyl (C=O) groups is 4. The molecule has 0 aromatic heterocycles. The van der Waals surface area contributed by atoms with Gasteiger partial charge in [0, 0.05) is 5.56 Å². The van der Waals surface area contributed by atoms with Crippen LogP contribution in [0.25, 0.3) is 11.1 Å². The second kappa shape index (κ2) is 8.13. The van der Waals surface area contributed by atoms with Gasteiger partial charge in [-0.2, -0.15) is 0 Å². The molecule has 4 amide bonds. The van der Waals surface area contributed by atoms with Crippen molar-refractivity contribution in [2.45, 2.75) is 6.54 Å². The maximum absolute atomic E-state index is 12.6. The van der Waals surface area contributed by atoms with Gasteiger partial charge in [-0.1, -0.05) is 84.9 Å². The minimum Gasteiger partial charge on any atom is -0.292 e. The van der Waals surface area contributed by atoms with E-state index in [1.807, 2.05) is 48.5 Å². The molecule has 0 N–H and O–H groups in total. The largest absolute Gasteiger partial charge is 0.334 e. The fraction of sp³-hybridized carbons (Fsp3) is 0.0833. The Hall–Kier alpha value is -4.06. The summed E-state index contributed by atoms with van der Waals surface area (Å²) in [7, 11) is 0. The summed E-state index contributed by atoms with van der Waals surface area (Å²) >= 11 is 0. The van der Waals surface area contributed by atoms with Crippen LogP contribution in [0.2, 0.25) is 0 Å². The number of Topliss-reactive ketones (excluding diaryl/α,β-unsaturated/α-hetero) is 1. The summed E-state index contributed by atoms with van der Waals surface area (Å²) < 4.78 is 0. The lowest BCUT2D eigenvalue weighted by Crippen LogP contribution is -2.36. The molecule has 1 fully saturated rings. The third-order valence-corrected chi connectivity index (χ3v) is 4.93. The first-order valence-corrected chi connectivity index (χ1v) is 9.44. The predicted octanol–water partition coefficient (Wildman–Crippen LogP) is 3.53. The van der Waals surface area contributed by atoms with Crippen LogP contribution in [0.3, 0.4) is 0 Å². The van der Waals surface area contributed by atoms with Gasteiger partial charge in [-0.05, 0) is 16.7 Å². The molecule has 1 heterocycles. The van der Waals surface area contributed by atoms with Gasteiger partial charge in [0.25, 0.3) is 0 Å². The van der Waals surface area contributed by atoms with Crippen LogP contribution >= 0.6 is 0 Å². The Morgan fingerprint density at radius 2 is 1.17 bits per heavy atom. The molecule has 0 unspecified atom stereocenters. The van der Waals surface area contributed by atoms with E-state index >= 15 is 0 Å². The van der Waals surface area contributed by atoms with Gasteiger partial charge >= 0.3 is 17.8 Å². The molecule has 1 saturated heterocycles. The lowest BCUT2D eigenvalue weighted by molar-refractivity contribution is -0.143. The van der Waals surface area contributed by atoms with Gasteiger partial charge < -0.3 is 0 Å². The van der Waals surface area contributed by atoms with Gasteiger partial charge in [-0.25, -0.2) is 9.69 Å². The summed E-state index contributed by atoms with van der Waals surface area (Å²) in [6.07, 6.45) is 0. The fourth-order valence-corrected chi connectivity index (χ4v) is 3.31. The van der Waals surface area contributed by atoms with Gasteiger partial charge in [-0.3, -0.25) is 19.3 Å². The lowest BCUT2D eigenvalue weighted by Gasteiger charge is -2.15. The molecular weight excluding hydrogens is 380 g/mol. The SMILES string of the molecule is O=C(CN1C(=O)C(=O)N(Cc2ccccc2)C1=O)c1ccc(-c2ccccc2)cc1. The van der Waals surface area contributed by atoms with E-state index in [1.54, 1.807) is 36.4 Å². The van der Waals surface area contributed by atoms with E-state index in [-0.39, 0.29) is 6.54 Å². The van der Waals surface area contributed by atoms with Crippen LogP contribution in [0, 0.1) is 0 Å². The first-order valence-electron chi connectivity index (χ1n) is 9.44. The van der Waals surface area contributed by atoms with Crippen molar-refractivity contribution in [1.29, 1.82) is 0 Å². The number of imide groups is 2. The lowest BCUT2D eigenvalue weighted by atomic mass is 10.0.